The first-order valence-corrected chi connectivity index (χ1v) is 6.98. The monoisotopic (exact) mass is 290 g/mol. The first kappa shape index (κ1) is 14.8. The molecule has 1 aromatic carbocycles. The molecule has 3 nitrogen and oxygen atoms in total. The van der Waals surface area contributed by atoms with Gasteiger partial charge in [0.25, 0.3) is 0 Å². The minimum atomic E-state index is 0.127. The molecule has 0 saturated heterocycles. The zero-order chi connectivity index (χ0) is 14.7. The topological polar surface area (TPSA) is 48.1 Å². The molecule has 1 atom stereocenters. The number of aryl methyl sites for hydroxylation is 2. The minimum absolute atomic E-state index is 0.127. The third kappa shape index (κ3) is 3.71. The lowest BCUT2D eigenvalue weighted by Crippen LogP contribution is -2.17. The fourth-order valence-electron chi connectivity index (χ4n) is 2.00. The summed E-state index contributed by atoms with van der Waals surface area (Å²) in [6.07, 6.45) is 2.63. The van der Waals surface area contributed by atoms with Crippen LogP contribution in [0, 0.1) is 13.8 Å². The van der Waals surface area contributed by atoms with Crippen molar-refractivity contribution in [1.82, 2.24) is 4.98 Å². The third-order valence-corrected chi connectivity index (χ3v) is 3.41. The summed E-state index contributed by atoms with van der Waals surface area (Å²) in [7, 11) is 0. The van der Waals surface area contributed by atoms with Gasteiger partial charge in [0.2, 0.25) is 5.88 Å². The second kappa shape index (κ2) is 6.25. The average Bonchev–Trinajstić information content (AvgIpc) is 2.36. The quantitative estimate of drug-likeness (QED) is 0.924. The Morgan fingerprint density at radius 2 is 2.00 bits per heavy atom. The molecular weight excluding hydrogens is 272 g/mol. The number of aromatic nitrogens is 1. The van der Waals surface area contributed by atoms with Crippen molar-refractivity contribution in [2.45, 2.75) is 33.2 Å². The van der Waals surface area contributed by atoms with E-state index in [1.807, 2.05) is 45.2 Å². The lowest BCUT2D eigenvalue weighted by atomic mass is 10.1. The molecule has 0 bridgehead atoms. The van der Waals surface area contributed by atoms with Crippen molar-refractivity contribution < 1.29 is 4.74 Å². The average molecular weight is 291 g/mol. The van der Waals surface area contributed by atoms with Gasteiger partial charge in [0.05, 0.1) is 0 Å². The Kier molecular flexibility index (Phi) is 4.63. The van der Waals surface area contributed by atoms with Crippen LogP contribution in [-0.4, -0.2) is 11.0 Å². The van der Waals surface area contributed by atoms with E-state index in [0.717, 1.165) is 33.9 Å². The Hall–Kier alpha value is -1.58. The predicted molar refractivity (Wildman–Crippen MR) is 82.6 cm³/mol. The first-order valence-electron chi connectivity index (χ1n) is 6.61. The molecule has 0 saturated carbocycles. The number of rotatable bonds is 4. The lowest BCUT2D eigenvalue weighted by molar-refractivity contribution is 0.458. The van der Waals surface area contributed by atoms with E-state index in [9.17, 15) is 0 Å². The van der Waals surface area contributed by atoms with Crippen LogP contribution in [-0.2, 0) is 6.42 Å². The van der Waals surface area contributed by atoms with Gasteiger partial charge in [0.15, 0.2) is 0 Å². The molecule has 0 aliphatic rings. The zero-order valence-electron chi connectivity index (χ0n) is 12.0. The predicted octanol–water partition coefficient (Wildman–Crippen LogP) is 4.03. The molecule has 0 radical (unpaired) electrons. The summed E-state index contributed by atoms with van der Waals surface area (Å²) >= 11 is 6.00. The molecule has 0 spiro atoms. The smallest absolute Gasteiger partial charge is 0.222 e. The minimum Gasteiger partial charge on any atom is -0.439 e. The molecule has 0 aliphatic carbocycles. The van der Waals surface area contributed by atoms with Crippen molar-refractivity contribution in [2.75, 3.05) is 0 Å². The Morgan fingerprint density at radius 1 is 1.25 bits per heavy atom. The normalized spacial score (nSPS) is 12.2. The van der Waals surface area contributed by atoms with Crippen molar-refractivity contribution in [3.05, 3.63) is 52.2 Å². The number of halogens is 1. The van der Waals surface area contributed by atoms with Crippen molar-refractivity contribution in [1.29, 1.82) is 0 Å². The van der Waals surface area contributed by atoms with Crippen LogP contribution in [0.1, 0.15) is 23.6 Å². The molecule has 1 heterocycles. The maximum Gasteiger partial charge on any atom is 0.222 e. The molecular formula is C16H19ClN2O. The number of nitrogens with two attached hydrogens (primary N) is 1. The maximum absolute atomic E-state index is 6.00. The van der Waals surface area contributed by atoms with E-state index in [-0.39, 0.29) is 6.04 Å². The number of pyridine rings is 1. The molecule has 0 aliphatic heterocycles. The zero-order valence-corrected chi connectivity index (χ0v) is 12.7. The van der Waals surface area contributed by atoms with Crippen molar-refractivity contribution in [3.63, 3.8) is 0 Å². The van der Waals surface area contributed by atoms with Gasteiger partial charge in [0, 0.05) is 22.8 Å². The molecule has 0 fully saturated rings. The van der Waals surface area contributed by atoms with E-state index in [2.05, 4.69) is 11.1 Å². The van der Waals surface area contributed by atoms with Crippen molar-refractivity contribution >= 4 is 11.6 Å². The van der Waals surface area contributed by atoms with Gasteiger partial charge in [-0.15, -0.1) is 0 Å². The van der Waals surface area contributed by atoms with Crippen LogP contribution in [0.15, 0.2) is 30.5 Å². The standard InChI is InChI=1S/C16H19ClN2O/c1-10-7-14(4-5-15(10)17)20-16-11(2)6-13(9-19-16)8-12(3)18/h4-7,9,12H,8,18H2,1-3H3. The van der Waals surface area contributed by atoms with E-state index >= 15 is 0 Å². The largest absolute Gasteiger partial charge is 0.439 e. The van der Waals surface area contributed by atoms with Gasteiger partial charge in [-0.3, -0.25) is 0 Å². The van der Waals surface area contributed by atoms with Crippen LogP contribution in [0.25, 0.3) is 0 Å². The fourth-order valence-corrected chi connectivity index (χ4v) is 2.12. The summed E-state index contributed by atoms with van der Waals surface area (Å²) in [4.78, 5) is 4.37. The second-order valence-corrected chi connectivity index (χ2v) is 5.57. The summed E-state index contributed by atoms with van der Waals surface area (Å²) in [5.41, 5.74) is 8.90. The summed E-state index contributed by atoms with van der Waals surface area (Å²) in [5, 5.41) is 0.731. The van der Waals surface area contributed by atoms with Crippen LogP contribution >= 0.6 is 11.6 Å². The SMILES string of the molecule is Cc1cc(Oc2ncc(CC(C)N)cc2C)ccc1Cl. The van der Waals surface area contributed by atoms with Gasteiger partial charge in [-0.2, -0.15) is 0 Å². The van der Waals surface area contributed by atoms with E-state index in [4.69, 9.17) is 22.1 Å². The molecule has 1 unspecified atom stereocenters. The van der Waals surface area contributed by atoms with Gasteiger partial charge in [0.1, 0.15) is 5.75 Å². The van der Waals surface area contributed by atoms with Crippen LogP contribution < -0.4 is 10.5 Å². The molecule has 4 heteroatoms. The number of ether oxygens (including phenoxy) is 1. The molecule has 0 amide bonds. The number of hydrogen-bond donors (Lipinski definition) is 1. The number of nitrogens with zero attached hydrogens (tertiary/aromatic N) is 1. The maximum atomic E-state index is 6.00. The van der Waals surface area contributed by atoms with Gasteiger partial charge >= 0.3 is 0 Å². The lowest BCUT2D eigenvalue weighted by Gasteiger charge is -2.11. The van der Waals surface area contributed by atoms with Gasteiger partial charge in [-0.25, -0.2) is 4.98 Å². The fraction of sp³-hybridized carbons (Fsp3) is 0.312. The highest BCUT2D eigenvalue weighted by Gasteiger charge is 2.07. The van der Waals surface area contributed by atoms with Crippen molar-refractivity contribution in [2.24, 2.45) is 5.73 Å². The Bertz CT molecular complexity index is 611. The van der Waals surface area contributed by atoms with Crippen LogP contribution in [0.2, 0.25) is 5.02 Å². The summed E-state index contributed by atoms with van der Waals surface area (Å²) < 4.78 is 5.80. The molecule has 2 N–H and O–H groups in total. The van der Waals surface area contributed by atoms with E-state index in [1.54, 1.807) is 0 Å². The highest BCUT2D eigenvalue weighted by molar-refractivity contribution is 6.31. The van der Waals surface area contributed by atoms with Crippen molar-refractivity contribution in [3.8, 4) is 11.6 Å². The molecule has 20 heavy (non-hydrogen) atoms. The number of benzene rings is 1. The van der Waals surface area contributed by atoms with Crippen LogP contribution in [0.3, 0.4) is 0 Å². The highest BCUT2D eigenvalue weighted by Crippen LogP contribution is 2.27. The second-order valence-electron chi connectivity index (χ2n) is 5.16. The third-order valence-electron chi connectivity index (χ3n) is 2.99. The molecule has 106 valence electrons. The molecule has 2 aromatic rings. The van der Waals surface area contributed by atoms with Crippen LogP contribution in [0.5, 0.6) is 11.6 Å². The van der Waals surface area contributed by atoms with Crippen LogP contribution in [0.4, 0.5) is 0 Å². The Labute approximate surface area is 124 Å². The van der Waals surface area contributed by atoms with Gasteiger partial charge in [-0.1, -0.05) is 11.6 Å². The highest BCUT2D eigenvalue weighted by atomic mass is 35.5. The Balaban J connectivity index is 2.19. The summed E-state index contributed by atoms with van der Waals surface area (Å²) in [5.74, 6) is 1.35. The molecule has 2 rings (SSSR count). The molecule has 1 aromatic heterocycles. The Morgan fingerprint density at radius 3 is 2.60 bits per heavy atom. The van der Waals surface area contributed by atoms with Gasteiger partial charge < -0.3 is 10.5 Å². The summed E-state index contributed by atoms with van der Waals surface area (Å²) in [6, 6.07) is 7.76. The van der Waals surface area contributed by atoms with Gasteiger partial charge in [-0.05, 0) is 62.6 Å². The summed E-state index contributed by atoms with van der Waals surface area (Å²) in [6.45, 7) is 5.91. The number of hydrogen-bond acceptors (Lipinski definition) is 3. The van der Waals surface area contributed by atoms with E-state index in [0.29, 0.717) is 5.88 Å². The van der Waals surface area contributed by atoms with E-state index < -0.39 is 0 Å². The van der Waals surface area contributed by atoms with E-state index in [1.165, 1.54) is 0 Å². The first-order chi connectivity index (χ1) is 9.45.